The van der Waals surface area contributed by atoms with Gasteiger partial charge in [-0.05, 0) is 13.0 Å². The number of aromatic nitrogens is 1. The summed E-state index contributed by atoms with van der Waals surface area (Å²) in [5.74, 6) is 0. The highest BCUT2D eigenvalue weighted by Gasteiger charge is 2.07. The molecule has 0 amide bonds. The second kappa shape index (κ2) is 3.00. The molecule has 0 radical (unpaired) electrons. The molecule has 0 bridgehead atoms. The molecule has 1 aromatic heterocycles. The third-order valence-electron chi connectivity index (χ3n) is 1.73. The van der Waals surface area contributed by atoms with E-state index < -0.39 is 0 Å². The Bertz CT molecular complexity index is 414. The summed E-state index contributed by atoms with van der Waals surface area (Å²) in [5.41, 5.74) is 0.399. The van der Waals surface area contributed by atoms with Gasteiger partial charge in [0.1, 0.15) is 11.6 Å². The van der Waals surface area contributed by atoms with E-state index in [4.69, 9.17) is 16.9 Å². The number of nitrogens with zero attached hydrogens (tertiary/aromatic N) is 2. The number of aryl methyl sites for hydroxylation is 1. The molecule has 3 nitrogen and oxygen atoms in total. The summed E-state index contributed by atoms with van der Waals surface area (Å²) < 4.78 is 1.39. The smallest absolute Gasteiger partial charge is 0.269 e. The Balaban J connectivity index is 3.66. The van der Waals surface area contributed by atoms with Gasteiger partial charge in [0.25, 0.3) is 5.56 Å². The first-order valence-corrected chi connectivity index (χ1v) is 3.72. The molecule has 12 heavy (non-hydrogen) atoms. The molecular weight excluding hydrogens is 176 g/mol. The minimum atomic E-state index is -0.345. The monoisotopic (exact) mass is 182 g/mol. The summed E-state index contributed by atoms with van der Waals surface area (Å²) in [7, 11) is 1.61. The second-order valence-electron chi connectivity index (χ2n) is 2.48. The van der Waals surface area contributed by atoms with Crippen LogP contribution in [0.25, 0.3) is 0 Å². The van der Waals surface area contributed by atoms with Gasteiger partial charge in [0.05, 0.1) is 5.02 Å². The molecular formula is C8H7ClN2O. The van der Waals surface area contributed by atoms with Gasteiger partial charge in [-0.3, -0.25) is 4.79 Å². The molecule has 1 heterocycles. The van der Waals surface area contributed by atoms with Crippen molar-refractivity contribution in [1.82, 2.24) is 4.57 Å². The molecule has 0 aliphatic carbocycles. The number of nitriles is 1. The summed E-state index contributed by atoms with van der Waals surface area (Å²) in [6, 6.07) is 3.37. The molecule has 0 N–H and O–H groups in total. The number of rotatable bonds is 0. The third kappa shape index (κ3) is 1.21. The molecule has 62 valence electrons. The van der Waals surface area contributed by atoms with E-state index in [0.29, 0.717) is 0 Å². The summed E-state index contributed by atoms with van der Waals surface area (Å²) in [5, 5.41) is 8.79. The Morgan fingerprint density at radius 2 is 2.25 bits per heavy atom. The van der Waals surface area contributed by atoms with Crippen LogP contribution in [0.4, 0.5) is 0 Å². The largest absolute Gasteiger partial charge is 0.315 e. The average molecular weight is 183 g/mol. The quantitative estimate of drug-likeness (QED) is 0.606. The zero-order chi connectivity index (χ0) is 9.30. The van der Waals surface area contributed by atoms with Crippen LogP contribution in [-0.4, -0.2) is 4.57 Å². The Kier molecular flexibility index (Phi) is 2.20. The van der Waals surface area contributed by atoms with Gasteiger partial charge in [0, 0.05) is 12.7 Å². The number of hydrogen-bond donors (Lipinski definition) is 0. The maximum Gasteiger partial charge on any atom is 0.269 e. The molecule has 0 saturated heterocycles. The van der Waals surface area contributed by atoms with E-state index in [1.54, 1.807) is 26.1 Å². The number of halogens is 1. The minimum Gasteiger partial charge on any atom is -0.315 e. The topological polar surface area (TPSA) is 45.8 Å². The van der Waals surface area contributed by atoms with Crippen LogP contribution in [0.5, 0.6) is 0 Å². The SMILES string of the molecule is Cc1cc(Cl)c(C#N)c(=O)n1C. The van der Waals surface area contributed by atoms with Gasteiger partial charge in [0.15, 0.2) is 0 Å². The lowest BCUT2D eigenvalue weighted by Crippen LogP contribution is -2.21. The molecule has 0 aliphatic rings. The number of pyridine rings is 1. The van der Waals surface area contributed by atoms with E-state index in [2.05, 4.69) is 0 Å². The summed E-state index contributed by atoms with van der Waals surface area (Å²) >= 11 is 5.67. The summed E-state index contributed by atoms with van der Waals surface area (Å²) in [4.78, 5) is 11.3. The van der Waals surface area contributed by atoms with Crippen molar-refractivity contribution in [3.63, 3.8) is 0 Å². The van der Waals surface area contributed by atoms with E-state index in [9.17, 15) is 4.79 Å². The van der Waals surface area contributed by atoms with Crippen LogP contribution < -0.4 is 5.56 Å². The van der Waals surface area contributed by atoms with E-state index in [1.807, 2.05) is 0 Å². The summed E-state index contributed by atoms with van der Waals surface area (Å²) in [6.45, 7) is 1.76. The minimum absolute atomic E-state index is 0.00441. The van der Waals surface area contributed by atoms with Gasteiger partial charge in [-0.15, -0.1) is 0 Å². The molecule has 0 fully saturated rings. The van der Waals surface area contributed by atoms with Crippen LogP contribution in [0, 0.1) is 18.3 Å². The van der Waals surface area contributed by atoms with Crippen molar-refractivity contribution >= 4 is 11.6 Å². The highest BCUT2D eigenvalue weighted by atomic mass is 35.5. The fraction of sp³-hybridized carbons (Fsp3) is 0.250. The zero-order valence-corrected chi connectivity index (χ0v) is 7.51. The van der Waals surface area contributed by atoms with Crippen molar-refractivity contribution in [1.29, 1.82) is 5.26 Å². The molecule has 0 aliphatic heterocycles. The predicted octanol–water partition coefficient (Wildman–Crippen LogP) is 1.22. The van der Waals surface area contributed by atoms with E-state index in [1.165, 1.54) is 4.57 Å². The van der Waals surface area contributed by atoms with E-state index >= 15 is 0 Å². The van der Waals surface area contributed by atoms with Gasteiger partial charge in [0.2, 0.25) is 0 Å². The third-order valence-corrected chi connectivity index (χ3v) is 2.03. The van der Waals surface area contributed by atoms with Crippen LogP contribution in [-0.2, 0) is 7.05 Å². The maximum atomic E-state index is 11.3. The Morgan fingerprint density at radius 3 is 2.75 bits per heavy atom. The normalized spacial score (nSPS) is 9.50. The average Bonchev–Trinajstić information content (AvgIpc) is 2.01. The van der Waals surface area contributed by atoms with Crippen LogP contribution in [0.3, 0.4) is 0 Å². The molecule has 0 atom stereocenters. The van der Waals surface area contributed by atoms with E-state index in [-0.39, 0.29) is 16.1 Å². The fourth-order valence-electron chi connectivity index (χ4n) is 0.884. The van der Waals surface area contributed by atoms with Crippen molar-refractivity contribution in [2.75, 3.05) is 0 Å². The number of hydrogen-bond acceptors (Lipinski definition) is 2. The van der Waals surface area contributed by atoms with Crippen LogP contribution >= 0.6 is 11.6 Å². The highest BCUT2D eigenvalue weighted by molar-refractivity contribution is 6.31. The lowest BCUT2D eigenvalue weighted by molar-refractivity contribution is 0.815. The first kappa shape index (κ1) is 8.82. The Morgan fingerprint density at radius 1 is 1.67 bits per heavy atom. The maximum absolute atomic E-state index is 11.3. The van der Waals surface area contributed by atoms with Crippen LogP contribution in [0.1, 0.15) is 11.3 Å². The second-order valence-corrected chi connectivity index (χ2v) is 2.89. The van der Waals surface area contributed by atoms with Crippen molar-refractivity contribution < 1.29 is 0 Å². The Hall–Kier alpha value is -1.27. The van der Waals surface area contributed by atoms with Crippen molar-refractivity contribution in [3.05, 3.63) is 32.7 Å². The molecule has 1 aromatic rings. The van der Waals surface area contributed by atoms with Gasteiger partial charge in [-0.25, -0.2) is 0 Å². The molecule has 0 unspecified atom stereocenters. The predicted molar refractivity (Wildman–Crippen MR) is 46.1 cm³/mol. The lowest BCUT2D eigenvalue weighted by Gasteiger charge is -2.03. The van der Waals surface area contributed by atoms with Crippen molar-refractivity contribution in [2.45, 2.75) is 6.92 Å². The molecule has 4 heteroatoms. The van der Waals surface area contributed by atoms with Crippen LogP contribution in [0.2, 0.25) is 5.02 Å². The fourth-order valence-corrected chi connectivity index (χ4v) is 1.16. The van der Waals surface area contributed by atoms with E-state index in [0.717, 1.165) is 5.69 Å². The standard InChI is InChI=1S/C8H7ClN2O/c1-5-3-7(9)6(4-10)8(12)11(5)2/h3H,1-2H3. The van der Waals surface area contributed by atoms with Crippen LogP contribution in [0.15, 0.2) is 10.9 Å². The van der Waals surface area contributed by atoms with Crippen molar-refractivity contribution in [2.24, 2.45) is 7.05 Å². The van der Waals surface area contributed by atoms with Gasteiger partial charge in [-0.1, -0.05) is 11.6 Å². The van der Waals surface area contributed by atoms with Gasteiger partial charge < -0.3 is 4.57 Å². The van der Waals surface area contributed by atoms with Gasteiger partial charge in [-0.2, -0.15) is 5.26 Å². The molecule has 1 rings (SSSR count). The molecule has 0 spiro atoms. The summed E-state index contributed by atoms with van der Waals surface area (Å²) in [6.07, 6.45) is 0. The first-order chi connectivity index (χ1) is 5.57. The molecule has 0 aromatic carbocycles. The first-order valence-electron chi connectivity index (χ1n) is 3.34. The lowest BCUT2D eigenvalue weighted by atomic mass is 10.2. The zero-order valence-electron chi connectivity index (χ0n) is 6.76. The highest BCUT2D eigenvalue weighted by Crippen LogP contribution is 2.11. The van der Waals surface area contributed by atoms with Gasteiger partial charge >= 0.3 is 0 Å². The Labute approximate surface area is 74.8 Å². The molecule has 0 saturated carbocycles. The van der Waals surface area contributed by atoms with Crippen molar-refractivity contribution in [3.8, 4) is 6.07 Å².